The van der Waals surface area contributed by atoms with Crippen LogP contribution in [0.25, 0.3) is 0 Å². The van der Waals surface area contributed by atoms with Gasteiger partial charge < -0.3 is 19.6 Å². The van der Waals surface area contributed by atoms with Gasteiger partial charge in [-0.25, -0.2) is 0 Å². The van der Waals surface area contributed by atoms with Gasteiger partial charge in [0.1, 0.15) is 6.61 Å². The predicted molar refractivity (Wildman–Crippen MR) is 141 cm³/mol. The maximum Gasteiger partial charge on any atom is 0.303 e. The van der Waals surface area contributed by atoms with Crippen LogP contribution in [-0.4, -0.2) is 71.6 Å². The summed E-state index contributed by atoms with van der Waals surface area (Å²) in [6, 6.07) is 18.5. The highest BCUT2D eigenvalue weighted by molar-refractivity contribution is 5.95. The Hall–Kier alpha value is -3.23. The van der Waals surface area contributed by atoms with Gasteiger partial charge in [0, 0.05) is 57.5 Å². The Morgan fingerprint density at radius 3 is 2.41 bits per heavy atom. The summed E-state index contributed by atoms with van der Waals surface area (Å²) in [6.45, 7) is 2.17. The molecule has 0 saturated carbocycles. The molecule has 0 spiro atoms. The van der Waals surface area contributed by atoms with Gasteiger partial charge in [-0.05, 0) is 36.5 Å². The summed E-state index contributed by atoms with van der Waals surface area (Å²) in [5.41, 5.74) is 2.88. The number of amides is 2. The van der Waals surface area contributed by atoms with Gasteiger partial charge in [-0.3, -0.25) is 19.3 Å². The molecule has 2 aliphatic rings. The first kappa shape index (κ1) is 26.8. The molecule has 2 unspecified atom stereocenters. The van der Waals surface area contributed by atoms with Crippen LogP contribution in [0.3, 0.4) is 0 Å². The highest BCUT2D eigenvalue weighted by Gasteiger charge is 2.34. The second-order valence-electron chi connectivity index (χ2n) is 9.96. The molecule has 2 bridgehead atoms. The molecule has 198 valence electrons. The van der Waals surface area contributed by atoms with Gasteiger partial charge in [0.25, 0.3) is 5.91 Å². The minimum atomic E-state index is -0.980. The molecular weight excluding hydrogens is 470 g/mol. The number of carbonyl (C=O) groups is 3. The molecule has 1 fully saturated rings. The number of methoxy groups -OCH3 is 1. The number of hydrogen-bond acceptors (Lipinski definition) is 5. The number of anilines is 1. The van der Waals surface area contributed by atoms with Crippen molar-refractivity contribution in [2.45, 2.75) is 63.7 Å². The van der Waals surface area contributed by atoms with Crippen LogP contribution in [0.2, 0.25) is 0 Å². The van der Waals surface area contributed by atoms with Gasteiger partial charge in [0.05, 0.1) is 6.42 Å². The minimum Gasteiger partial charge on any atom is -0.481 e. The van der Waals surface area contributed by atoms with Crippen molar-refractivity contribution in [3.05, 3.63) is 65.7 Å². The zero-order valence-corrected chi connectivity index (χ0v) is 21.6. The van der Waals surface area contributed by atoms with Crippen LogP contribution in [0.4, 0.5) is 5.69 Å². The fourth-order valence-corrected chi connectivity index (χ4v) is 5.63. The lowest BCUT2D eigenvalue weighted by molar-refractivity contribution is -0.141. The Labute approximate surface area is 218 Å². The van der Waals surface area contributed by atoms with Gasteiger partial charge in [-0.2, -0.15) is 0 Å². The number of aliphatic carboxylic acids is 1. The van der Waals surface area contributed by atoms with E-state index in [2.05, 4.69) is 17.0 Å². The van der Waals surface area contributed by atoms with Crippen LogP contribution >= 0.6 is 0 Å². The number of hydrogen-bond donors (Lipinski definition) is 1. The first-order chi connectivity index (χ1) is 18.0. The number of carboxylic acid groups (broad SMARTS) is 1. The Balaban J connectivity index is 1.72. The van der Waals surface area contributed by atoms with Crippen molar-refractivity contribution >= 4 is 23.5 Å². The van der Waals surface area contributed by atoms with Crippen molar-refractivity contribution in [3.8, 4) is 0 Å². The Morgan fingerprint density at radius 2 is 1.65 bits per heavy atom. The molecule has 1 N–H and O–H groups in total. The topological polar surface area (TPSA) is 90.4 Å². The summed E-state index contributed by atoms with van der Waals surface area (Å²) in [7, 11) is 1.52. The average molecular weight is 508 g/mol. The fraction of sp³-hybridized carbons (Fsp3) is 0.483. The maximum absolute atomic E-state index is 13.3. The van der Waals surface area contributed by atoms with Gasteiger partial charge >= 0.3 is 5.97 Å². The molecule has 0 radical (unpaired) electrons. The van der Waals surface area contributed by atoms with E-state index in [1.165, 1.54) is 12.7 Å². The summed E-state index contributed by atoms with van der Waals surface area (Å²) in [5.74, 6) is -1.26. The van der Waals surface area contributed by atoms with E-state index in [0.717, 1.165) is 43.5 Å². The molecular formula is C29H37N3O5. The number of para-hydroxylation sites is 1. The lowest BCUT2D eigenvalue weighted by Crippen LogP contribution is -2.52. The van der Waals surface area contributed by atoms with Gasteiger partial charge in [0.2, 0.25) is 5.91 Å². The number of carboxylic acids is 1. The van der Waals surface area contributed by atoms with Crippen LogP contribution in [0.1, 0.15) is 49.7 Å². The van der Waals surface area contributed by atoms with Crippen LogP contribution in [0.15, 0.2) is 54.6 Å². The average Bonchev–Trinajstić information content (AvgIpc) is 2.90. The van der Waals surface area contributed by atoms with Gasteiger partial charge in [-0.1, -0.05) is 55.0 Å². The largest absolute Gasteiger partial charge is 0.481 e. The molecule has 1 saturated heterocycles. The first-order valence-corrected chi connectivity index (χ1v) is 13.1. The van der Waals surface area contributed by atoms with E-state index in [0.29, 0.717) is 19.6 Å². The lowest BCUT2D eigenvalue weighted by atomic mass is 9.92. The summed E-state index contributed by atoms with van der Waals surface area (Å²) in [5, 5.41) is 9.20. The molecule has 8 heteroatoms. The molecule has 8 nitrogen and oxygen atoms in total. The van der Waals surface area contributed by atoms with Gasteiger partial charge in [-0.15, -0.1) is 0 Å². The molecule has 2 aromatic carbocycles. The molecule has 0 aliphatic carbocycles. The number of fused-ring (bicyclic) bond motifs is 3. The normalized spacial score (nSPS) is 20.6. The van der Waals surface area contributed by atoms with E-state index in [1.54, 1.807) is 9.80 Å². The summed E-state index contributed by atoms with van der Waals surface area (Å²) in [6.07, 6.45) is 3.64. The van der Waals surface area contributed by atoms with E-state index in [1.807, 2.05) is 42.5 Å². The van der Waals surface area contributed by atoms with Crippen molar-refractivity contribution in [1.29, 1.82) is 0 Å². The first-order valence-electron chi connectivity index (χ1n) is 13.1. The number of ether oxygens (including phenoxy) is 1. The molecule has 2 heterocycles. The van der Waals surface area contributed by atoms with Crippen molar-refractivity contribution in [2.24, 2.45) is 0 Å². The zero-order chi connectivity index (χ0) is 26.2. The molecule has 2 atom stereocenters. The number of benzene rings is 2. The van der Waals surface area contributed by atoms with Crippen LogP contribution in [-0.2, 0) is 32.2 Å². The van der Waals surface area contributed by atoms with Crippen molar-refractivity contribution in [1.82, 2.24) is 9.80 Å². The minimum absolute atomic E-state index is 0.0173. The highest BCUT2D eigenvalue weighted by Crippen LogP contribution is 2.32. The lowest BCUT2D eigenvalue weighted by Gasteiger charge is -2.44. The SMILES string of the molecule is COCC(=O)N1CCC2CCCC(CN(C(=O)CCC(=O)O)Cc3ccccc31)N2Cc1ccccc1. The molecule has 2 aliphatic heterocycles. The van der Waals surface area contributed by atoms with Crippen LogP contribution < -0.4 is 4.90 Å². The van der Waals surface area contributed by atoms with Crippen molar-refractivity contribution in [3.63, 3.8) is 0 Å². The Morgan fingerprint density at radius 1 is 0.919 bits per heavy atom. The summed E-state index contributed by atoms with van der Waals surface area (Å²) in [4.78, 5) is 43.9. The highest BCUT2D eigenvalue weighted by atomic mass is 16.5. The van der Waals surface area contributed by atoms with Crippen LogP contribution in [0.5, 0.6) is 0 Å². The zero-order valence-electron chi connectivity index (χ0n) is 21.6. The second-order valence-corrected chi connectivity index (χ2v) is 9.96. The number of rotatable bonds is 7. The predicted octanol–water partition coefficient (Wildman–Crippen LogP) is 3.69. The molecule has 2 aromatic rings. The van der Waals surface area contributed by atoms with Gasteiger partial charge in [0.15, 0.2) is 0 Å². The Bertz CT molecular complexity index is 1080. The molecule has 37 heavy (non-hydrogen) atoms. The van der Waals surface area contributed by atoms with Crippen molar-refractivity contribution in [2.75, 3.05) is 31.7 Å². The smallest absolute Gasteiger partial charge is 0.303 e. The van der Waals surface area contributed by atoms with E-state index in [4.69, 9.17) is 4.74 Å². The van der Waals surface area contributed by atoms with Crippen LogP contribution in [0, 0.1) is 0 Å². The third-order valence-electron chi connectivity index (χ3n) is 7.46. The van der Waals surface area contributed by atoms with E-state index >= 15 is 0 Å². The third kappa shape index (κ3) is 6.96. The molecule has 0 aromatic heterocycles. The standard InChI is InChI=1S/C29H37N3O5/c1-37-21-28(34)31-17-16-24-11-7-12-25(32(24)18-22-8-3-2-4-9-22)20-30(27(33)14-15-29(35)36)19-23-10-5-6-13-26(23)31/h2-6,8-10,13,24-25H,7,11-12,14-21H2,1H3,(H,35,36). The molecule has 4 rings (SSSR count). The number of nitrogens with zero attached hydrogens (tertiary/aromatic N) is 3. The quantitative estimate of drug-likeness (QED) is 0.615. The monoisotopic (exact) mass is 507 g/mol. The Kier molecular flexibility index (Phi) is 9.30. The van der Waals surface area contributed by atoms with E-state index < -0.39 is 5.97 Å². The second kappa shape index (κ2) is 12.8. The fourth-order valence-electron chi connectivity index (χ4n) is 5.63. The summed E-state index contributed by atoms with van der Waals surface area (Å²) < 4.78 is 5.20. The molecule has 2 amide bonds. The third-order valence-corrected chi connectivity index (χ3v) is 7.46. The van der Waals surface area contributed by atoms with E-state index in [9.17, 15) is 19.5 Å². The number of carbonyl (C=O) groups excluding carboxylic acids is 2. The number of piperidine rings is 1. The van der Waals surface area contributed by atoms with Crippen molar-refractivity contribution < 1.29 is 24.2 Å². The summed E-state index contributed by atoms with van der Waals surface area (Å²) >= 11 is 0. The maximum atomic E-state index is 13.3. The van der Waals surface area contributed by atoms with E-state index in [-0.39, 0.29) is 43.3 Å².